The summed E-state index contributed by atoms with van der Waals surface area (Å²) >= 11 is 0. The number of nitrogens with zero attached hydrogens (tertiary/aromatic N) is 1. The van der Waals surface area contributed by atoms with E-state index in [4.69, 9.17) is 4.74 Å². The number of rotatable bonds is 0. The third-order valence-electron chi connectivity index (χ3n) is 2.38. The van der Waals surface area contributed by atoms with Crippen LogP contribution in [0.5, 0.6) is 0 Å². The first-order valence-electron chi connectivity index (χ1n) is 5.15. The molecule has 0 aliphatic carbocycles. The second-order valence-corrected chi connectivity index (χ2v) is 5.37. The minimum Gasteiger partial charge on any atom is -0.443 e. The Kier molecular flexibility index (Phi) is 2.83. The van der Waals surface area contributed by atoms with Crippen LogP contribution in [0.15, 0.2) is 0 Å². The van der Waals surface area contributed by atoms with E-state index in [1.54, 1.807) is 34.6 Å². The number of ketones is 1. The first kappa shape index (κ1) is 12.7. The van der Waals surface area contributed by atoms with E-state index >= 15 is 0 Å². The van der Waals surface area contributed by atoms with Crippen molar-refractivity contribution in [2.75, 3.05) is 0 Å². The zero-order chi connectivity index (χ0) is 12.7. The summed E-state index contributed by atoms with van der Waals surface area (Å²) in [7, 11) is 0. The van der Waals surface area contributed by atoms with Gasteiger partial charge in [-0.3, -0.25) is 9.59 Å². The topological polar surface area (TPSA) is 63.7 Å². The SMILES string of the molecule is CC(C)(C)OC(=O)N1C(=O)CC(=O)C1(C)C. The lowest BCUT2D eigenvalue weighted by Crippen LogP contribution is -2.49. The Labute approximate surface area is 94.7 Å². The number of ether oxygens (including phenoxy) is 1. The van der Waals surface area contributed by atoms with Crippen LogP contribution in [-0.2, 0) is 14.3 Å². The highest BCUT2D eigenvalue weighted by atomic mass is 16.6. The molecule has 1 fully saturated rings. The van der Waals surface area contributed by atoms with Gasteiger partial charge in [0.25, 0.3) is 0 Å². The van der Waals surface area contributed by atoms with Crippen LogP contribution < -0.4 is 0 Å². The largest absolute Gasteiger partial charge is 0.443 e. The minimum atomic E-state index is -1.10. The predicted octanol–water partition coefficient (Wildman–Crippen LogP) is 1.50. The van der Waals surface area contributed by atoms with Gasteiger partial charge in [0.1, 0.15) is 11.1 Å². The van der Waals surface area contributed by atoms with Gasteiger partial charge in [0.05, 0.1) is 6.42 Å². The molecule has 1 heterocycles. The van der Waals surface area contributed by atoms with Crippen molar-refractivity contribution < 1.29 is 19.1 Å². The molecule has 0 aromatic rings. The Morgan fingerprint density at radius 3 is 2.12 bits per heavy atom. The van der Waals surface area contributed by atoms with Crippen molar-refractivity contribution in [2.45, 2.75) is 52.2 Å². The highest BCUT2D eigenvalue weighted by Crippen LogP contribution is 2.28. The van der Waals surface area contributed by atoms with E-state index in [1.807, 2.05) is 0 Å². The summed E-state index contributed by atoms with van der Waals surface area (Å²) < 4.78 is 5.09. The molecule has 0 saturated carbocycles. The predicted molar refractivity (Wildman–Crippen MR) is 56.8 cm³/mol. The molecule has 1 saturated heterocycles. The molecule has 90 valence electrons. The highest BCUT2D eigenvalue weighted by Gasteiger charge is 2.50. The van der Waals surface area contributed by atoms with Gasteiger partial charge in [0.15, 0.2) is 5.78 Å². The van der Waals surface area contributed by atoms with Gasteiger partial charge >= 0.3 is 6.09 Å². The average Bonchev–Trinajstić information content (AvgIpc) is 2.17. The zero-order valence-electron chi connectivity index (χ0n) is 10.3. The second kappa shape index (κ2) is 3.57. The van der Waals surface area contributed by atoms with E-state index in [9.17, 15) is 14.4 Å². The normalized spacial score (nSPS) is 20.2. The van der Waals surface area contributed by atoms with E-state index in [1.165, 1.54) is 0 Å². The van der Waals surface area contributed by atoms with Gasteiger partial charge in [-0.05, 0) is 34.6 Å². The van der Waals surface area contributed by atoms with Gasteiger partial charge in [0.2, 0.25) is 5.91 Å². The monoisotopic (exact) mass is 227 g/mol. The Morgan fingerprint density at radius 1 is 1.31 bits per heavy atom. The molecule has 16 heavy (non-hydrogen) atoms. The van der Waals surface area contributed by atoms with E-state index in [2.05, 4.69) is 0 Å². The van der Waals surface area contributed by atoms with Crippen LogP contribution >= 0.6 is 0 Å². The minimum absolute atomic E-state index is 0.230. The molecule has 0 atom stereocenters. The molecule has 0 aromatic carbocycles. The molecule has 0 radical (unpaired) electrons. The van der Waals surface area contributed by atoms with Crippen LogP contribution in [0, 0.1) is 0 Å². The van der Waals surface area contributed by atoms with Gasteiger partial charge in [-0.25, -0.2) is 9.69 Å². The maximum atomic E-state index is 11.8. The molecule has 0 unspecified atom stereocenters. The van der Waals surface area contributed by atoms with Crippen LogP contribution in [-0.4, -0.2) is 33.8 Å². The molecule has 5 heteroatoms. The molecule has 0 aromatic heterocycles. The number of likely N-dealkylation sites (tertiary alicyclic amines) is 1. The number of carbonyl (C=O) groups excluding carboxylic acids is 3. The number of imide groups is 1. The fraction of sp³-hybridized carbons (Fsp3) is 0.727. The summed E-state index contributed by atoms with van der Waals surface area (Å²) in [4.78, 5) is 35.7. The van der Waals surface area contributed by atoms with Crippen LogP contribution in [0.25, 0.3) is 0 Å². The molecular formula is C11H17NO4. The lowest BCUT2D eigenvalue weighted by atomic mass is 10.0. The third kappa shape index (κ3) is 2.23. The Hall–Kier alpha value is -1.39. The first-order chi connectivity index (χ1) is 7.05. The van der Waals surface area contributed by atoms with Gasteiger partial charge in [0, 0.05) is 0 Å². The lowest BCUT2D eigenvalue weighted by Gasteiger charge is -2.30. The van der Waals surface area contributed by atoms with Crippen molar-refractivity contribution in [1.29, 1.82) is 0 Å². The summed E-state index contributed by atoms with van der Waals surface area (Å²) in [5.41, 5.74) is -1.78. The van der Waals surface area contributed by atoms with Gasteiger partial charge in [-0.2, -0.15) is 0 Å². The van der Waals surface area contributed by atoms with Crippen molar-refractivity contribution in [3.8, 4) is 0 Å². The molecule has 5 nitrogen and oxygen atoms in total. The van der Waals surface area contributed by atoms with Gasteiger partial charge in [-0.1, -0.05) is 0 Å². The molecule has 1 rings (SSSR count). The maximum absolute atomic E-state index is 11.8. The number of carbonyl (C=O) groups is 3. The van der Waals surface area contributed by atoms with Gasteiger partial charge in [-0.15, -0.1) is 0 Å². The number of Topliss-reactive ketones (excluding diaryl/α,β-unsaturated/α-hetero) is 1. The van der Waals surface area contributed by atoms with Crippen LogP contribution in [0.4, 0.5) is 4.79 Å². The van der Waals surface area contributed by atoms with Crippen molar-refractivity contribution in [3.63, 3.8) is 0 Å². The summed E-state index contributed by atoms with van der Waals surface area (Å²) in [5.74, 6) is -0.757. The molecule has 1 aliphatic rings. The fourth-order valence-electron chi connectivity index (χ4n) is 1.51. The number of hydrogen-bond acceptors (Lipinski definition) is 4. The Morgan fingerprint density at radius 2 is 1.81 bits per heavy atom. The summed E-state index contributed by atoms with van der Waals surface area (Å²) in [6, 6.07) is 0. The molecular weight excluding hydrogens is 210 g/mol. The molecule has 0 N–H and O–H groups in total. The molecule has 0 spiro atoms. The lowest BCUT2D eigenvalue weighted by molar-refractivity contribution is -0.130. The molecule has 0 bridgehead atoms. The van der Waals surface area contributed by atoms with Crippen LogP contribution in [0.3, 0.4) is 0 Å². The number of hydrogen-bond donors (Lipinski definition) is 0. The quantitative estimate of drug-likeness (QED) is 0.588. The van der Waals surface area contributed by atoms with E-state index in [0.29, 0.717) is 0 Å². The van der Waals surface area contributed by atoms with Gasteiger partial charge < -0.3 is 4.74 Å². The standard InChI is InChI=1S/C11H17NO4/c1-10(2,3)16-9(15)12-8(14)6-7(13)11(12,4)5/h6H2,1-5H3. The fourth-order valence-corrected chi connectivity index (χ4v) is 1.51. The smallest absolute Gasteiger partial charge is 0.417 e. The number of amides is 2. The van der Waals surface area contributed by atoms with E-state index in [-0.39, 0.29) is 12.2 Å². The Balaban J connectivity index is 2.92. The third-order valence-corrected chi connectivity index (χ3v) is 2.38. The Bertz CT molecular complexity index is 351. The van der Waals surface area contributed by atoms with Crippen LogP contribution in [0.2, 0.25) is 0 Å². The second-order valence-electron chi connectivity index (χ2n) is 5.37. The highest BCUT2D eigenvalue weighted by molar-refractivity contribution is 6.15. The average molecular weight is 227 g/mol. The first-order valence-corrected chi connectivity index (χ1v) is 5.15. The van der Waals surface area contributed by atoms with Crippen molar-refractivity contribution >= 4 is 17.8 Å². The van der Waals surface area contributed by atoms with Crippen molar-refractivity contribution in [3.05, 3.63) is 0 Å². The maximum Gasteiger partial charge on any atom is 0.417 e. The summed E-state index contributed by atoms with van der Waals surface area (Å²) in [6.07, 6.45) is -0.986. The molecule has 1 aliphatic heterocycles. The summed E-state index contributed by atoms with van der Waals surface area (Å²) in [5, 5.41) is 0. The zero-order valence-corrected chi connectivity index (χ0v) is 10.3. The molecule has 2 amide bonds. The van der Waals surface area contributed by atoms with E-state index < -0.39 is 23.1 Å². The van der Waals surface area contributed by atoms with Crippen molar-refractivity contribution in [1.82, 2.24) is 4.90 Å². The van der Waals surface area contributed by atoms with E-state index in [0.717, 1.165) is 4.90 Å². The summed E-state index contributed by atoms with van der Waals surface area (Å²) in [6.45, 7) is 8.22. The van der Waals surface area contributed by atoms with Crippen molar-refractivity contribution in [2.24, 2.45) is 0 Å². The van der Waals surface area contributed by atoms with Crippen LogP contribution in [0.1, 0.15) is 41.0 Å².